The van der Waals surface area contributed by atoms with Crippen LogP contribution in [0, 0.1) is 0 Å². The Morgan fingerprint density at radius 1 is 1.42 bits per heavy atom. The third-order valence-electron chi connectivity index (χ3n) is 1.26. The molecule has 0 aliphatic heterocycles. The van der Waals surface area contributed by atoms with Crippen molar-refractivity contribution in [3.63, 3.8) is 0 Å². The third-order valence-corrected chi connectivity index (χ3v) is 2.00. The van der Waals surface area contributed by atoms with Crippen LogP contribution in [0.5, 0.6) is 0 Å². The summed E-state index contributed by atoms with van der Waals surface area (Å²) in [5, 5.41) is 0. The van der Waals surface area contributed by atoms with Crippen molar-refractivity contribution in [1.29, 1.82) is 0 Å². The largest absolute Gasteiger partial charge is 0.386 e. The summed E-state index contributed by atoms with van der Waals surface area (Å²) in [7, 11) is 0. The van der Waals surface area contributed by atoms with Crippen molar-refractivity contribution in [3.8, 4) is 0 Å². The van der Waals surface area contributed by atoms with E-state index >= 15 is 0 Å². The van der Waals surface area contributed by atoms with Crippen LogP contribution >= 0.6 is 12.0 Å². The number of benzene rings is 1. The lowest BCUT2D eigenvalue weighted by atomic mass is 10.4. The minimum atomic E-state index is -0.191. The summed E-state index contributed by atoms with van der Waals surface area (Å²) in [5.74, 6) is -0.191. The summed E-state index contributed by atoms with van der Waals surface area (Å²) in [6, 6.07) is 9.52. The van der Waals surface area contributed by atoms with Gasteiger partial charge in [-0.2, -0.15) is 0 Å². The molecule has 0 spiro atoms. The summed E-state index contributed by atoms with van der Waals surface area (Å²) < 4.78 is 4.85. The molecular formula is C9H10O2S. The third kappa shape index (κ3) is 2.96. The Balaban J connectivity index is 2.38. The highest BCUT2D eigenvalue weighted by Crippen LogP contribution is 2.18. The van der Waals surface area contributed by atoms with E-state index < -0.39 is 0 Å². The molecule has 0 fully saturated rings. The van der Waals surface area contributed by atoms with Gasteiger partial charge in [0.2, 0.25) is 0 Å². The van der Waals surface area contributed by atoms with Crippen LogP contribution in [-0.2, 0) is 8.98 Å². The molecule has 0 bridgehead atoms. The second kappa shape index (κ2) is 4.83. The van der Waals surface area contributed by atoms with E-state index in [1.165, 1.54) is 0 Å². The molecule has 1 aromatic carbocycles. The van der Waals surface area contributed by atoms with Crippen LogP contribution in [0.4, 0.5) is 0 Å². The zero-order valence-corrected chi connectivity index (χ0v) is 7.64. The van der Waals surface area contributed by atoms with Crippen molar-refractivity contribution in [3.05, 3.63) is 30.3 Å². The second-order valence-electron chi connectivity index (χ2n) is 2.21. The number of rotatable bonds is 3. The topological polar surface area (TPSA) is 26.3 Å². The maximum Gasteiger partial charge on any atom is 0.317 e. The van der Waals surface area contributed by atoms with Gasteiger partial charge in [-0.1, -0.05) is 25.1 Å². The molecule has 0 aromatic heterocycles. The highest BCUT2D eigenvalue weighted by Gasteiger charge is 1.99. The van der Waals surface area contributed by atoms with E-state index in [1.807, 2.05) is 30.3 Å². The fraction of sp³-hybridized carbons (Fsp3) is 0.222. The molecule has 0 amide bonds. The first-order valence-corrected chi connectivity index (χ1v) is 4.49. The first kappa shape index (κ1) is 9.13. The smallest absolute Gasteiger partial charge is 0.317 e. The van der Waals surface area contributed by atoms with Gasteiger partial charge in [-0.3, -0.25) is 4.79 Å². The molecule has 0 aliphatic carbocycles. The van der Waals surface area contributed by atoms with Crippen molar-refractivity contribution < 1.29 is 8.98 Å². The fourth-order valence-electron chi connectivity index (χ4n) is 0.630. The molecular weight excluding hydrogens is 172 g/mol. The molecule has 0 atom stereocenters. The summed E-state index contributed by atoms with van der Waals surface area (Å²) >= 11 is 1.10. The van der Waals surface area contributed by atoms with Gasteiger partial charge in [0.05, 0.1) is 12.0 Å². The van der Waals surface area contributed by atoms with E-state index in [-0.39, 0.29) is 5.97 Å². The number of hydrogen-bond acceptors (Lipinski definition) is 3. The van der Waals surface area contributed by atoms with Crippen molar-refractivity contribution in [2.75, 3.05) is 0 Å². The van der Waals surface area contributed by atoms with Gasteiger partial charge in [0.25, 0.3) is 0 Å². The molecule has 1 rings (SSSR count). The normalized spacial score (nSPS) is 9.42. The van der Waals surface area contributed by atoms with Gasteiger partial charge in [0, 0.05) is 11.3 Å². The van der Waals surface area contributed by atoms with Crippen LogP contribution in [0.25, 0.3) is 0 Å². The molecule has 1 aromatic rings. The van der Waals surface area contributed by atoms with E-state index in [2.05, 4.69) is 0 Å². The van der Waals surface area contributed by atoms with Crippen LogP contribution < -0.4 is 0 Å². The van der Waals surface area contributed by atoms with Crippen LogP contribution in [0.1, 0.15) is 13.3 Å². The van der Waals surface area contributed by atoms with E-state index in [0.29, 0.717) is 6.42 Å². The van der Waals surface area contributed by atoms with Crippen molar-refractivity contribution in [2.45, 2.75) is 18.2 Å². The highest BCUT2D eigenvalue weighted by molar-refractivity contribution is 7.95. The molecule has 0 saturated heterocycles. The molecule has 12 heavy (non-hydrogen) atoms. The van der Waals surface area contributed by atoms with Gasteiger partial charge in [-0.25, -0.2) is 0 Å². The Bertz CT molecular complexity index is 246. The minimum Gasteiger partial charge on any atom is -0.386 e. The molecule has 2 nitrogen and oxygen atoms in total. The monoisotopic (exact) mass is 182 g/mol. The maximum atomic E-state index is 10.7. The predicted octanol–water partition coefficient (Wildman–Crippen LogP) is 2.65. The average Bonchev–Trinajstić information content (AvgIpc) is 2.16. The van der Waals surface area contributed by atoms with Gasteiger partial charge >= 0.3 is 5.97 Å². The summed E-state index contributed by atoms with van der Waals surface area (Å²) in [6.45, 7) is 1.77. The predicted molar refractivity (Wildman–Crippen MR) is 48.7 cm³/mol. The molecule has 0 unspecified atom stereocenters. The SMILES string of the molecule is CCC(=O)OSc1ccccc1. The molecule has 0 aliphatic rings. The van der Waals surface area contributed by atoms with Crippen LogP contribution in [0.2, 0.25) is 0 Å². The quantitative estimate of drug-likeness (QED) is 0.672. The van der Waals surface area contributed by atoms with Crippen LogP contribution in [0.3, 0.4) is 0 Å². The summed E-state index contributed by atoms with van der Waals surface area (Å²) in [5.41, 5.74) is 0. The first-order chi connectivity index (χ1) is 5.83. The Morgan fingerprint density at radius 2 is 2.08 bits per heavy atom. The van der Waals surface area contributed by atoms with Crippen LogP contribution in [-0.4, -0.2) is 5.97 Å². The van der Waals surface area contributed by atoms with E-state index in [1.54, 1.807) is 6.92 Å². The molecule has 3 heteroatoms. The van der Waals surface area contributed by atoms with Gasteiger partial charge in [-0.15, -0.1) is 0 Å². The molecule has 64 valence electrons. The zero-order chi connectivity index (χ0) is 8.81. The van der Waals surface area contributed by atoms with Gasteiger partial charge in [-0.05, 0) is 12.1 Å². The molecule has 0 heterocycles. The summed E-state index contributed by atoms with van der Waals surface area (Å²) in [4.78, 5) is 11.7. The molecule has 0 saturated carbocycles. The summed E-state index contributed by atoms with van der Waals surface area (Å²) in [6.07, 6.45) is 0.417. The van der Waals surface area contributed by atoms with Gasteiger partial charge in [0.15, 0.2) is 0 Å². The first-order valence-electron chi connectivity index (χ1n) is 3.75. The fourth-order valence-corrected chi connectivity index (χ4v) is 1.20. The number of carbonyl (C=O) groups is 1. The Kier molecular flexibility index (Phi) is 3.67. The lowest BCUT2D eigenvalue weighted by molar-refractivity contribution is -0.132. The van der Waals surface area contributed by atoms with Gasteiger partial charge < -0.3 is 4.18 Å². The minimum absolute atomic E-state index is 0.191. The second-order valence-corrected chi connectivity index (χ2v) is 3.01. The highest BCUT2D eigenvalue weighted by atomic mass is 32.2. The van der Waals surface area contributed by atoms with Crippen LogP contribution in [0.15, 0.2) is 35.2 Å². The lowest BCUT2D eigenvalue weighted by Crippen LogP contribution is -1.94. The van der Waals surface area contributed by atoms with Crippen molar-refractivity contribution in [1.82, 2.24) is 0 Å². The standard InChI is InChI=1S/C9H10O2S/c1-2-9(10)11-12-8-6-4-3-5-7-8/h3-7H,2H2,1H3. The Hall–Kier alpha value is -0.960. The average molecular weight is 182 g/mol. The zero-order valence-electron chi connectivity index (χ0n) is 6.82. The molecule has 0 N–H and O–H groups in total. The number of carbonyl (C=O) groups excluding carboxylic acids is 1. The van der Waals surface area contributed by atoms with E-state index in [4.69, 9.17) is 4.18 Å². The number of hydrogen-bond donors (Lipinski definition) is 0. The van der Waals surface area contributed by atoms with Gasteiger partial charge in [0.1, 0.15) is 0 Å². The van der Waals surface area contributed by atoms with E-state index in [0.717, 1.165) is 16.9 Å². The Morgan fingerprint density at radius 3 is 2.67 bits per heavy atom. The molecule has 0 radical (unpaired) electrons. The van der Waals surface area contributed by atoms with Crippen molar-refractivity contribution in [2.24, 2.45) is 0 Å². The maximum absolute atomic E-state index is 10.7. The lowest BCUT2D eigenvalue weighted by Gasteiger charge is -1.99. The Labute approximate surface area is 76.1 Å². The van der Waals surface area contributed by atoms with E-state index in [9.17, 15) is 4.79 Å². The van der Waals surface area contributed by atoms with Crippen molar-refractivity contribution >= 4 is 18.0 Å².